The van der Waals surface area contributed by atoms with Crippen molar-refractivity contribution in [3.63, 3.8) is 0 Å². The van der Waals surface area contributed by atoms with Gasteiger partial charge in [-0.3, -0.25) is 9.59 Å². The maximum Gasteiger partial charge on any atom is 0.288 e. The number of aromatic nitrogens is 2. The third kappa shape index (κ3) is 5.18. The fourth-order valence-corrected chi connectivity index (χ4v) is 4.33. The molecule has 3 heterocycles. The average molecular weight is 488 g/mol. The van der Waals surface area contributed by atoms with Crippen LogP contribution in [0.3, 0.4) is 0 Å². The summed E-state index contributed by atoms with van der Waals surface area (Å²) >= 11 is 6.40. The van der Waals surface area contributed by atoms with Crippen LogP contribution in [-0.2, 0) is 14.3 Å². The van der Waals surface area contributed by atoms with Crippen LogP contribution in [0.1, 0.15) is 6.92 Å². The van der Waals surface area contributed by atoms with Gasteiger partial charge in [0, 0.05) is 51.9 Å². The zero-order chi connectivity index (χ0) is 24.2. The number of fused-ring (bicyclic) bond motifs is 1. The topological polar surface area (TPSA) is 103 Å². The Morgan fingerprint density at radius 1 is 1.26 bits per heavy atom. The first-order valence-electron chi connectivity index (χ1n) is 11.4. The molecule has 2 N–H and O–H groups in total. The minimum atomic E-state index is -0.301. The number of hydrogen-bond acceptors (Lipinski definition) is 8. The molecular formula is C23H30ClN7O3. The van der Waals surface area contributed by atoms with Gasteiger partial charge in [0.1, 0.15) is 5.02 Å². The summed E-state index contributed by atoms with van der Waals surface area (Å²) in [6.07, 6.45) is 9.23. The fourth-order valence-electron chi connectivity index (χ4n) is 4.19. The van der Waals surface area contributed by atoms with Gasteiger partial charge in [0.05, 0.1) is 12.2 Å². The standard InChI is InChI=1S/C23H30ClN7O3/c1-4-30-7-9-31(10-8-30)23-26-13-17(24)21(28-23)27-16-5-6-18-15(11-16)12-19(22(33)29(18)3)34-14-20(32)25-2/h5-6,11-13,15,18H,4,7-10,14H2,1-3H3,(H,25,32)(H,26,27,28). The highest BCUT2D eigenvalue weighted by atomic mass is 35.5. The molecule has 1 aromatic heterocycles. The van der Waals surface area contributed by atoms with E-state index in [-0.39, 0.29) is 36.1 Å². The zero-order valence-electron chi connectivity index (χ0n) is 19.6. The molecule has 2 unspecified atom stereocenters. The van der Waals surface area contributed by atoms with Gasteiger partial charge in [-0.15, -0.1) is 0 Å². The van der Waals surface area contributed by atoms with Crippen LogP contribution in [0.5, 0.6) is 0 Å². The minimum absolute atomic E-state index is 0.128. The summed E-state index contributed by atoms with van der Waals surface area (Å²) in [5.41, 5.74) is 0.799. The van der Waals surface area contributed by atoms with Crippen LogP contribution in [-0.4, -0.2) is 91.0 Å². The molecule has 1 aliphatic carbocycles. The molecule has 182 valence electrons. The van der Waals surface area contributed by atoms with Gasteiger partial charge in [-0.05, 0) is 18.7 Å². The van der Waals surface area contributed by atoms with E-state index in [4.69, 9.17) is 16.3 Å². The Morgan fingerprint density at radius 3 is 2.74 bits per heavy atom. The second kappa shape index (κ2) is 10.4. The van der Waals surface area contributed by atoms with Crippen molar-refractivity contribution in [3.8, 4) is 0 Å². The van der Waals surface area contributed by atoms with Crippen molar-refractivity contribution in [3.05, 3.63) is 47.0 Å². The molecule has 0 aromatic carbocycles. The molecular weight excluding hydrogens is 458 g/mol. The molecule has 2 atom stereocenters. The third-order valence-electron chi connectivity index (χ3n) is 6.30. The molecule has 0 bridgehead atoms. The Labute approximate surface area is 204 Å². The van der Waals surface area contributed by atoms with Gasteiger partial charge in [0.2, 0.25) is 5.95 Å². The highest BCUT2D eigenvalue weighted by molar-refractivity contribution is 6.32. The van der Waals surface area contributed by atoms with Crippen molar-refractivity contribution in [2.75, 3.05) is 63.6 Å². The number of carbonyl (C=O) groups is 2. The first-order chi connectivity index (χ1) is 16.4. The minimum Gasteiger partial charge on any atom is -0.478 e. The van der Waals surface area contributed by atoms with E-state index in [9.17, 15) is 9.59 Å². The molecule has 0 saturated carbocycles. The SMILES string of the molecule is CCN1CCN(c2ncc(Cl)c(NC3=CC4C=C(OCC(=O)NC)C(=O)N(C)C4C=C3)n2)CC1. The Bertz CT molecular complexity index is 1030. The van der Waals surface area contributed by atoms with E-state index in [0.29, 0.717) is 16.8 Å². The van der Waals surface area contributed by atoms with Gasteiger partial charge in [0.25, 0.3) is 11.8 Å². The molecule has 3 aliphatic rings. The number of likely N-dealkylation sites (N-methyl/N-ethyl adjacent to an activating group) is 3. The van der Waals surface area contributed by atoms with E-state index >= 15 is 0 Å². The summed E-state index contributed by atoms with van der Waals surface area (Å²) in [6, 6.07) is -0.142. The number of allylic oxidation sites excluding steroid dienone is 1. The number of carbonyl (C=O) groups excluding carboxylic acids is 2. The maximum atomic E-state index is 12.6. The van der Waals surface area contributed by atoms with Crippen LogP contribution in [0, 0.1) is 5.92 Å². The molecule has 2 amide bonds. The van der Waals surface area contributed by atoms with E-state index in [1.54, 1.807) is 24.2 Å². The van der Waals surface area contributed by atoms with Gasteiger partial charge in [-0.25, -0.2) is 4.98 Å². The lowest BCUT2D eigenvalue weighted by Crippen LogP contribution is -2.46. The van der Waals surface area contributed by atoms with E-state index in [0.717, 1.165) is 38.4 Å². The molecule has 10 nitrogen and oxygen atoms in total. The fraction of sp³-hybridized carbons (Fsp3) is 0.478. The Hall–Kier alpha value is -3.11. The summed E-state index contributed by atoms with van der Waals surface area (Å²) in [4.78, 5) is 39.4. The lowest BCUT2D eigenvalue weighted by molar-refractivity contribution is -0.134. The van der Waals surface area contributed by atoms with Crippen molar-refractivity contribution < 1.29 is 14.3 Å². The summed E-state index contributed by atoms with van der Waals surface area (Å²) in [5, 5.41) is 6.20. The van der Waals surface area contributed by atoms with Crippen LogP contribution in [0.25, 0.3) is 0 Å². The van der Waals surface area contributed by atoms with E-state index in [1.807, 2.05) is 18.2 Å². The van der Waals surface area contributed by atoms with E-state index in [1.165, 1.54) is 7.05 Å². The molecule has 2 aliphatic heterocycles. The molecule has 11 heteroatoms. The van der Waals surface area contributed by atoms with Gasteiger partial charge < -0.3 is 30.1 Å². The maximum absolute atomic E-state index is 12.6. The Kier molecular flexibility index (Phi) is 7.38. The van der Waals surface area contributed by atoms with Crippen LogP contribution >= 0.6 is 11.6 Å². The van der Waals surface area contributed by atoms with E-state index < -0.39 is 0 Å². The Balaban J connectivity index is 1.50. The smallest absolute Gasteiger partial charge is 0.288 e. The zero-order valence-corrected chi connectivity index (χ0v) is 20.4. The van der Waals surface area contributed by atoms with Crippen molar-refractivity contribution in [2.45, 2.75) is 13.0 Å². The molecule has 1 saturated heterocycles. The largest absolute Gasteiger partial charge is 0.478 e. The molecule has 1 fully saturated rings. The number of nitrogens with one attached hydrogen (secondary N) is 2. The van der Waals surface area contributed by atoms with Crippen molar-refractivity contribution >= 4 is 35.2 Å². The van der Waals surface area contributed by atoms with Crippen molar-refractivity contribution in [1.29, 1.82) is 0 Å². The predicted molar refractivity (Wildman–Crippen MR) is 130 cm³/mol. The number of amides is 2. The summed E-state index contributed by atoms with van der Waals surface area (Å²) in [7, 11) is 3.24. The van der Waals surface area contributed by atoms with Crippen LogP contribution < -0.4 is 15.5 Å². The van der Waals surface area contributed by atoms with Crippen LogP contribution in [0.2, 0.25) is 5.02 Å². The normalized spacial score (nSPS) is 22.6. The number of halogens is 1. The number of rotatable bonds is 7. The second-order valence-corrected chi connectivity index (χ2v) is 8.78. The molecule has 0 spiro atoms. The van der Waals surface area contributed by atoms with Gasteiger partial charge in [-0.2, -0.15) is 4.98 Å². The molecule has 1 aromatic rings. The average Bonchev–Trinajstić information content (AvgIpc) is 2.86. The second-order valence-electron chi connectivity index (χ2n) is 8.37. The third-order valence-corrected chi connectivity index (χ3v) is 6.57. The van der Waals surface area contributed by atoms with Crippen LogP contribution in [0.15, 0.2) is 42.0 Å². The quantitative estimate of drug-likeness (QED) is 0.592. The first kappa shape index (κ1) is 24.0. The van der Waals surface area contributed by atoms with E-state index in [2.05, 4.69) is 37.3 Å². The monoisotopic (exact) mass is 487 g/mol. The van der Waals surface area contributed by atoms with Crippen molar-refractivity contribution in [2.24, 2.45) is 5.92 Å². The summed E-state index contributed by atoms with van der Waals surface area (Å²) < 4.78 is 5.47. The lowest BCUT2D eigenvalue weighted by Gasteiger charge is -2.36. The van der Waals surface area contributed by atoms with Gasteiger partial charge in [0.15, 0.2) is 18.2 Å². The predicted octanol–water partition coefficient (Wildman–Crippen LogP) is 1.24. The number of ether oxygens (including phenoxy) is 1. The molecule has 34 heavy (non-hydrogen) atoms. The van der Waals surface area contributed by atoms with Gasteiger partial charge in [-0.1, -0.05) is 30.7 Å². The lowest BCUT2D eigenvalue weighted by atomic mass is 9.89. The first-order valence-corrected chi connectivity index (χ1v) is 11.8. The molecule has 0 radical (unpaired) electrons. The van der Waals surface area contributed by atoms with Crippen molar-refractivity contribution in [1.82, 2.24) is 25.1 Å². The molecule has 4 rings (SSSR count). The number of anilines is 2. The summed E-state index contributed by atoms with van der Waals surface area (Å²) in [6.45, 7) is 6.68. The highest BCUT2D eigenvalue weighted by Crippen LogP contribution is 2.31. The van der Waals surface area contributed by atoms with Gasteiger partial charge >= 0.3 is 0 Å². The van der Waals surface area contributed by atoms with Crippen LogP contribution in [0.4, 0.5) is 11.8 Å². The number of hydrogen-bond donors (Lipinski definition) is 2. The highest BCUT2D eigenvalue weighted by Gasteiger charge is 2.34. The summed E-state index contributed by atoms with van der Waals surface area (Å²) in [5.74, 6) is 0.647. The Morgan fingerprint density at radius 2 is 2.03 bits per heavy atom. The number of nitrogens with zero attached hydrogens (tertiary/aromatic N) is 5. The number of piperazine rings is 1.